The lowest BCUT2D eigenvalue weighted by Gasteiger charge is -2.36. The second kappa shape index (κ2) is 4.70. The third kappa shape index (κ3) is 2.38. The average molecular weight is 239 g/mol. The van der Waals surface area contributed by atoms with Gasteiger partial charge in [0.15, 0.2) is 0 Å². The predicted molar refractivity (Wildman–Crippen MR) is 61.3 cm³/mol. The van der Waals surface area contributed by atoms with Crippen LogP contribution in [0.3, 0.4) is 0 Å². The van der Waals surface area contributed by atoms with E-state index in [-0.39, 0.29) is 17.4 Å². The van der Waals surface area contributed by atoms with Crippen molar-refractivity contribution < 1.29 is 9.42 Å². The molecule has 1 aromatic heterocycles. The van der Waals surface area contributed by atoms with Crippen LogP contribution in [0.25, 0.3) is 0 Å². The Hall–Kier alpha value is -1.63. The molecule has 0 saturated carbocycles. The first kappa shape index (κ1) is 11.8. The molecular formula is C10H17N5O2. The number of anilines is 1. The first-order valence-corrected chi connectivity index (χ1v) is 5.71. The Kier molecular flexibility index (Phi) is 3.28. The van der Waals surface area contributed by atoms with Gasteiger partial charge < -0.3 is 10.6 Å². The van der Waals surface area contributed by atoms with Crippen LogP contribution in [0.1, 0.15) is 24.3 Å². The monoisotopic (exact) mass is 239 g/mol. The molecule has 1 saturated heterocycles. The van der Waals surface area contributed by atoms with Crippen molar-refractivity contribution in [1.29, 1.82) is 0 Å². The Morgan fingerprint density at radius 2 is 1.94 bits per heavy atom. The topological polar surface area (TPSA) is 88.5 Å². The van der Waals surface area contributed by atoms with E-state index in [0.29, 0.717) is 19.1 Å². The van der Waals surface area contributed by atoms with Gasteiger partial charge in [-0.3, -0.25) is 9.69 Å². The van der Waals surface area contributed by atoms with E-state index in [1.54, 1.807) is 4.90 Å². The SMILES string of the molecule is CC(C)N1CCN(C(=O)c2nonc2N)CC1. The zero-order valence-electron chi connectivity index (χ0n) is 10.1. The summed E-state index contributed by atoms with van der Waals surface area (Å²) in [6.07, 6.45) is 0. The zero-order valence-corrected chi connectivity index (χ0v) is 10.1. The average Bonchev–Trinajstić information content (AvgIpc) is 2.74. The lowest BCUT2D eigenvalue weighted by Crippen LogP contribution is -2.50. The second-order valence-electron chi connectivity index (χ2n) is 4.42. The first-order valence-electron chi connectivity index (χ1n) is 5.71. The predicted octanol–water partition coefficient (Wildman–Crippen LogP) is -0.182. The summed E-state index contributed by atoms with van der Waals surface area (Å²) in [7, 11) is 0. The molecule has 2 rings (SSSR count). The number of piperazine rings is 1. The number of carbonyl (C=O) groups excluding carboxylic acids is 1. The number of nitrogens with two attached hydrogens (primary N) is 1. The summed E-state index contributed by atoms with van der Waals surface area (Å²) in [5.41, 5.74) is 5.61. The van der Waals surface area contributed by atoms with E-state index in [0.717, 1.165) is 13.1 Å². The number of rotatable bonds is 2. The molecule has 1 amide bonds. The summed E-state index contributed by atoms with van der Waals surface area (Å²) in [6, 6.07) is 0.506. The molecule has 1 aliphatic rings. The molecule has 0 unspecified atom stereocenters. The van der Waals surface area contributed by atoms with Crippen molar-refractivity contribution in [2.24, 2.45) is 0 Å². The molecule has 17 heavy (non-hydrogen) atoms. The number of amides is 1. The van der Waals surface area contributed by atoms with Gasteiger partial charge in [0.2, 0.25) is 11.5 Å². The molecule has 0 radical (unpaired) electrons. The lowest BCUT2D eigenvalue weighted by molar-refractivity contribution is 0.0586. The van der Waals surface area contributed by atoms with Crippen molar-refractivity contribution in [1.82, 2.24) is 20.1 Å². The molecule has 0 aromatic carbocycles. The summed E-state index contributed by atoms with van der Waals surface area (Å²) in [4.78, 5) is 16.1. The van der Waals surface area contributed by atoms with Crippen LogP contribution >= 0.6 is 0 Å². The van der Waals surface area contributed by atoms with Gasteiger partial charge in [-0.15, -0.1) is 0 Å². The smallest absolute Gasteiger partial charge is 0.280 e. The normalized spacial score (nSPS) is 17.7. The van der Waals surface area contributed by atoms with Crippen molar-refractivity contribution in [2.75, 3.05) is 31.9 Å². The number of nitrogen functional groups attached to an aromatic ring is 1. The van der Waals surface area contributed by atoms with E-state index in [4.69, 9.17) is 5.73 Å². The Morgan fingerprint density at radius 1 is 1.29 bits per heavy atom. The van der Waals surface area contributed by atoms with Gasteiger partial charge in [0.25, 0.3) is 5.91 Å². The number of aromatic nitrogens is 2. The van der Waals surface area contributed by atoms with Crippen molar-refractivity contribution in [2.45, 2.75) is 19.9 Å². The molecule has 2 N–H and O–H groups in total. The van der Waals surface area contributed by atoms with Gasteiger partial charge in [-0.1, -0.05) is 0 Å². The summed E-state index contributed by atoms with van der Waals surface area (Å²) in [6.45, 7) is 7.41. The van der Waals surface area contributed by atoms with Crippen molar-refractivity contribution in [3.63, 3.8) is 0 Å². The summed E-state index contributed by atoms with van der Waals surface area (Å²) in [5, 5.41) is 6.94. The molecule has 0 atom stereocenters. The van der Waals surface area contributed by atoms with Crippen LogP contribution in [0.4, 0.5) is 5.82 Å². The number of hydrogen-bond acceptors (Lipinski definition) is 6. The largest absolute Gasteiger partial charge is 0.379 e. The van der Waals surface area contributed by atoms with E-state index in [9.17, 15) is 4.79 Å². The molecule has 1 fully saturated rings. The van der Waals surface area contributed by atoms with E-state index >= 15 is 0 Å². The molecule has 1 aromatic rings. The van der Waals surface area contributed by atoms with Crippen LogP contribution in [-0.4, -0.2) is 58.2 Å². The highest BCUT2D eigenvalue weighted by Gasteiger charge is 2.26. The van der Waals surface area contributed by atoms with Crippen molar-refractivity contribution in [3.8, 4) is 0 Å². The van der Waals surface area contributed by atoms with Gasteiger partial charge >= 0.3 is 0 Å². The third-order valence-electron chi connectivity index (χ3n) is 3.05. The summed E-state index contributed by atoms with van der Waals surface area (Å²) >= 11 is 0. The first-order chi connectivity index (χ1) is 8.09. The highest BCUT2D eigenvalue weighted by atomic mass is 16.6. The summed E-state index contributed by atoms with van der Waals surface area (Å²) < 4.78 is 4.43. The Bertz CT molecular complexity index is 395. The van der Waals surface area contributed by atoms with E-state index < -0.39 is 0 Å². The van der Waals surface area contributed by atoms with E-state index in [1.165, 1.54) is 0 Å². The highest BCUT2D eigenvalue weighted by Crippen LogP contribution is 2.12. The zero-order chi connectivity index (χ0) is 12.4. The van der Waals surface area contributed by atoms with Gasteiger partial charge in [0.05, 0.1) is 0 Å². The molecule has 0 bridgehead atoms. The van der Waals surface area contributed by atoms with Crippen LogP contribution in [0.15, 0.2) is 4.63 Å². The fourth-order valence-corrected chi connectivity index (χ4v) is 1.93. The van der Waals surface area contributed by atoms with Crippen LogP contribution < -0.4 is 5.73 Å². The fourth-order valence-electron chi connectivity index (χ4n) is 1.93. The Morgan fingerprint density at radius 3 is 2.41 bits per heavy atom. The quantitative estimate of drug-likeness (QED) is 0.770. The highest BCUT2D eigenvalue weighted by molar-refractivity contribution is 5.96. The third-order valence-corrected chi connectivity index (χ3v) is 3.05. The maximum Gasteiger partial charge on any atom is 0.280 e. The Balaban J connectivity index is 1.98. The minimum absolute atomic E-state index is 0.0567. The summed E-state index contributed by atoms with van der Waals surface area (Å²) in [5.74, 6) is -0.145. The van der Waals surface area contributed by atoms with Crippen LogP contribution in [-0.2, 0) is 0 Å². The van der Waals surface area contributed by atoms with E-state index in [1.807, 2.05) is 0 Å². The molecule has 0 spiro atoms. The van der Waals surface area contributed by atoms with Crippen molar-refractivity contribution >= 4 is 11.7 Å². The molecular weight excluding hydrogens is 222 g/mol. The van der Waals surface area contributed by atoms with Gasteiger partial charge in [-0.25, -0.2) is 4.63 Å². The molecule has 2 heterocycles. The van der Waals surface area contributed by atoms with Gasteiger partial charge in [0.1, 0.15) is 0 Å². The van der Waals surface area contributed by atoms with Crippen LogP contribution in [0.5, 0.6) is 0 Å². The Labute approximate surface area is 99.5 Å². The molecule has 1 aliphatic heterocycles. The van der Waals surface area contributed by atoms with E-state index in [2.05, 4.69) is 33.7 Å². The second-order valence-corrected chi connectivity index (χ2v) is 4.42. The maximum atomic E-state index is 12.0. The standard InChI is InChI=1S/C10H17N5O2/c1-7(2)14-3-5-15(6-4-14)10(16)8-9(11)13-17-12-8/h7H,3-6H2,1-2H3,(H2,11,13). The molecule has 7 nitrogen and oxygen atoms in total. The number of carbonyl (C=O) groups is 1. The fraction of sp³-hybridized carbons (Fsp3) is 0.700. The minimum atomic E-state index is -0.202. The molecule has 0 aliphatic carbocycles. The van der Waals surface area contributed by atoms with Crippen LogP contribution in [0.2, 0.25) is 0 Å². The molecule has 94 valence electrons. The minimum Gasteiger partial charge on any atom is -0.379 e. The van der Waals surface area contributed by atoms with Gasteiger partial charge in [-0.05, 0) is 24.2 Å². The van der Waals surface area contributed by atoms with Crippen LogP contribution in [0, 0.1) is 0 Å². The van der Waals surface area contributed by atoms with Gasteiger partial charge in [0, 0.05) is 32.2 Å². The lowest BCUT2D eigenvalue weighted by atomic mass is 10.2. The number of hydrogen-bond donors (Lipinski definition) is 1. The number of nitrogens with zero attached hydrogens (tertiary/aromatic N) is 4. The molecule has 7 heteroatoms. The van der Waals surface area contributed by atoms with Crippen molar-refractivity contribution in [3.05, 3.63) is 5.69 Å². The maximum absolute atomic E-state index is 12.0. The van der Waals surface area contributed by atoms with Gasteiger partial charge in [-0.2, -0.15) is 0 Å².